The Labute approximate surface area is 137 Å². The summed E-state index contributed by atoms with van der Waals surface area (Å²) in [5.74, 6) is 0. The monoisotopic (exact) mass is 352 g/mol. The van der Waals surface area contributed by atoms with Gasteiger partial charge < -0.3 is 5.32 Å². The van der Waals surface area contributed by atoms with Crippen LogP contribution in [0.25, 0.3) is 0 Å². The van der Waals surface area contributed by atoms with Gasteiger partial charge in [-0.2, -0.15) is 0 Å². The topological polar surface area (TPSA) is 58.2 Å². The molecule has 0 aromatic heterocycles. The molecule has 21 heavy (non-hydrogen) atoms. The Morgan fingerprint density at radius 3 is 2.19 bits per heavy atom. The molecule has 0 radical (unpaired) electrons. The molecule has 0 bridgehead atoms. The van der Waals surface area contributed by atoms with E-state index in [1.54, 1.807) is 7.05 Å². The average molecular weight is 353 g/mol. The van der Waals surface area contributed by atoms with Crippen LogP contribution < -0.4 is 10.0 Å². The minimum absolute atomic E-state index is 0.0620. The molecule has 120 valence electrons. The Kier molecular flexibility index (Phi) is 6.50. The van der Waals surface area contributed by atoms with Crippen LogP contribution in [0.3, 0.4) is 0 Å². The number of halogens is 2. The van der Waals surface area contributed by atoms with E-state index in [1.165, 1.54) is 12.1 Å². The van der Waals surface area contributed by atoms with E-state index in [2.05, 4.69) is 10.0 Å². The fraction of sp³-hybridized carbons (Fsp3) is 0.571. The molecule has 0 saturated carbocycles. The second-order valence-corrected chi connectivity index (χ2v) is 7.74. The van der Waals surface area contributed by atoms with E-state index in [0.29, 0.717) is 30.0 Å². The molecule has 0 spiro atoms. The summed E-state index contributed by atoms with van der Waals surface area (Å²) in [4.78, 5) is 0.0620. The zero-order valence-electron chi connectivity index (χ0n) is 12.8. The summed E-state index contributed by atoms with van der Waals surface area (Å²) >= 11 is 12.2. The maximum atomic E-state index is 12.6. The summed E-state index contributed by atoms with van der Waals surface area (Å²) in [6.07, 6.45) is 1.38. The van der Waals surface area contributed by atoms with Crippen molar-refractivity contribution in [2.24, 2.45) is 0 Å². The Hall–Kier alpha value is -0.330. The Bertz CT molecular complexity index is 599. The maximum Gasteiger partial charge on any atom is 0.242 e. The van der Waals surface area contributed by atoms with E-state index in [0.717, 1.165) is 0 Å². The fourth-order valence-corrected chi connectivity index (χ4v) is 4.29. The number of rotatable bonds is 7. The second kappa shape index (κ2) is 7.29. The van der Waals surface area contributed by atoms with Gasteiger partial charge in [0.2, 0.25) is 10.0 Å². The molecule has 0 aliphatic heterocycles. The van der Waals surface area contributed by atoms with E-state index in [-0.39, 0.29) is 9.92 Å². The molecule has 0 aliphatic rings. The maximum absolute atomic E-state index is 12.6. The van der Waals surface area contributed by atoms with Crippen LogP contribution in [0, 0.1) is 0 Å². The molecular formula is C14H22Cl2N2O2S. The van der Waals surface area contributed by atoms with E-state index in [9.17, 15) is 8.42 Å². The third-order valence-corrected chi connectivity index (χ3v) is 6.15. The quantitative estimate of drug-likeness (QED) is 0.788. The second-order valence-electron chi connectivity index (χ2n) is 5.28. The lowest BCUT2D eigenvalue weighted by atomic mass is 9.98. The molecule has 0 amide bonds. The van der Waals surface area contributed by atoms with Crippen LogP contribution in [0.4, 0.5) is 0 Å². The molecule has 0 atom stereocenters. The molecule has 1 aromatic carbocycles. The van der Waals surface area contributed by atoms with Crippen molar-refractivity contribution in [1.29, 1.82) is 0 Å². The van der Waals surface area contributed by atoms with E-state index in [1.807, 2.05) is 20.8 Å². The normalized spacial score (nSPS) is 12.7. The van der Waals surface area contributed by atoms with Crippen LogP contribution in [0.15, 0.2) is 17.0 Å². The first-order valence-corrected chi connectivity index (χ1v) is 9.09. The molecule has 0 fully saturated rings. The minimum atomic E-state index is -3.70. The van der Waals surface area contributed by atoms with Crippen molar-refractivity contribution in [3.63, 3.8) is 0 Å². The van der Waals surface area contributed by atoms with Crippen molar-refractivity contribution < 1.29 is 8.42 Å². The van der Waals surface area contributed by atoms with E-state index in [4.69, 9.17) is 23.2 Å². The van der Waals surface area contributed by atoms with E-state index >= 15 is 0 Å². The van der Waals surface area contributed by atoms with Crippen LogP contribution >= 0.6 is 23.2 Å². The summed E-state index contributed by atoms with van der Waals surface area (Å²) in [5, 5.41) is 3.52. The lowest BCUT2D eigenvalue weighted by Crippen LogP contribution is -2.44. The van der Waals surface area contributed by atoms with Crippen molar-refractivity contribution in [1.82, 2.24) is 10.0 Å². The zero-order valence-corrected chi connectivity index (χ0v) is 15.1. The Morgan fingerprint density at radius 2 is 1.71 bits per heavy atom. The molecule has 1 rings (SSSR count). The highest BCUT2D eigenvalue weighted by Gasteiger charge is 2.29. The highest BCUT2D eigenvalue weighted by Crippen LogP contribution is 2.30. The average Bonchev–Trinajstić information content (AvgIpc) is 2.41. The van der Waals surface area contributed by atoms with E-state index < -0.39 is 15.6 Å². The number of hydrogen-bond donors (Lipinski definition) is 2. The van der Waals surface area contributed by atoms with Crippen LogP contribution in [0.1, 0.15) is 39.2 Å². The number of nitrogens with one attached hydrogen (secondary N) is 2. The highest BCUT2D eigenvalue weighted by molar-refractivity contribution is 7.89. The van der Waals surface area contributed by atoms with Crippen molar-refractivity contribution in [2.75, 3.05) is 7.05 Å². The lowest BCUT2D eigenvalue weighted by molar-refractivity contribution is 0.388. The van der Waals surface area contributed by atoms with Crippen molar-refractivity contribution >= 4 is 33.2 Å². The van der Waals surface area contributed by atoms with Gasteiger partial charge in [0.1, 0.15) is 4.90 Å². The molecule has 2 N–H and O–H groups in total. The van der Waals surface area contributed by atoms with Gasteiger partial charge in [0.15, 0.2) is 0 Å². The largest absolute Gasteiger partial charge is 0.316 e. The van der Waals surface area contributed by atoms with Gasteiger partial charge in [0, 0.05) is 17.1 Å². The summed E-state index contributed by atoms with van der Waals surface area (Å²) in [6, 6.07) is 2.99. The third kappa shape index (κ3) is 4.57. The highest BCUT2D eigenvalue weighted by atomic mass is 35.5. The third-order valence-electron chi connectivity index (χ3n) is 3.70. The molecule has 0 heterocycles. The van der Waals surface area contributed by atoms with Crippen molar-refractivity contribution in [2.45, 2.75) is 50.6 Å². The summed E-state index contributed by atoms with van der Waals surface area (Å²) < 4.78 is 27.9. The Morgan fingerprint density at radius 1 is 1.14 bits per heavy atom. The van der Waals surface area contributed by atoms with Gasteiger partial charge >= 0.3 is 0 Å². The van der Waals surface area contributed by atoms with Gasteiger partial charge in [0.05, 0.1) is 5.02 Å². The summed E-state index contributed by atoms with van der Waals surface area (Å²) in [7, 11) is -1.93. The fourth-order valence-electron chi connectivity index (χ4n) is 1.88. The standard InChI is InChI=1S/C14H22Cl2N2O2S/c1-5-14(3,6-2)18-21(19,20)13-7-10(9-17-4)11(15)8-12(13)16/h7-8,17-18H,5-6,9H2,1-4H3. The lowest BCUT2D eigenvalue weighted by Gasteiger charge is -2.28. The van der Waals surface area contributed by atoms with Gasteiger partial charge in [-0.15, -0.1) is 0 Å². The first-order valence-electron chi connectivity index (χ1n) is 6.85. The summed E-state index contributed by atoms with van der Waals surface area (Å²) in [5.41, 5.74) is 0.198. The van der Waals surface area contributed by atoms with Gasteiger partial charge in [-0.25, -0.2) is 13.1 Å². The van der Waals surface area contributed by atoms with Crippen LogP contribution in [-0.2, 0) is 16.6 Å². The Balaban J connectivity index is 3.28. The molecule has 0 saturated heterocycles. The van der Waals surface area contributed by atoms with Crippen LogP contribution in [0.5, 0.6) is 0 Å². The SMILES string of the molecule is CCC(C)(CC)NS(=O)(=O)c1cc(CNC)c(Cl)cc1Cl. The molecule has 0 unspecified atom stereocenters. The number of sulfonamides is 1. The molecular weight excluding hydrogens is 331 g/mol. The molecule has 0 aliphatic carbocycles. The molecule has 4 nitrogen and oxygen atoms in total. The van der Waals surface area contributed by atoms with Crippen molar-refractivity contribution in [3.05, 3.63) is 27.7 Å². The number of benzene rings is 1. The van der Waals surface area contributed by atoms with Crippen molar-refractivity contribution in [3.8, 4) is 0 Å². The molecule has 1 aromatic rings. The minimum Gasteiger partial charge on any atom is -0.316 e. The predicted octanol–water partition coefficient (Wildman–Crippen LogP) is 3.57. The smallest absolute Gasteiger partial charge is 0.242 e. The first-order chi connectivity index (χ1) is 9.69. The van der Waals surface area contributed by atoms with Gasteiger partial charge in [-0.1, -0.05) is 37.0 Å². The van der Waals surface area contributed by atoms with Crippen LogP contribution in [0.2, 0.25) is 10.0 Å². The predicted molar refractivity (Wildman–Crippen MR) is 88.5 cm³/mol. The van der Waals surface area contributed by atoms with Gasteiger partial charge in [0.25, 0.3) is 0 Å². The first kappa shape index (κ1) is 18.7. The zero-order chi connectivity index (χ0) is 16.3. The van der Waals surface area contributed by atoms with Crippen LogP contribution in [-0.4, -0.2) is 21.0 Å². The molecule has 7 heteroatoms. The summed E-state index contributed by atoms with van der Waals surface area (Å²) in [6.45, 7) is 6.24. The van der Waals surface area contributed by atoms with Gasteiger partial charge in [-0.05, 0) is 44.5 Å². The van der Waals surface area contributed by atoms with Gasteiger partial charge in [-0.3, -0.25) is 0 Å². The number of hydrogen-bond acceptors (Lipinski definition) is 3.